The summed E-state index contributed by atoms with van der Waals surface area (Å²) in [6.45, 7) is 1.16. The van der Waals surface area contributed by atoms with Gasteiger partial charge in [-0.25, -0.2) is 5.10 Å². The van der Waals surface area contributed by atoms with Crippen LogP contribution in [0.4, 0.5) is 5.69 Å². The maximum atomic E-state index is 12.5. The van der Waals surface area contributed by atoms with E-state index in [0.717, 1.165) is 5.56 Å². The van der Waals surface area contributed by atoms with Crippen molar-refractivity contribution in [1.29, 1.82) is 0 Å². The van der Waals surface area contributed by atoms with E-state index in [4.69, 9.17) is 16.3 Å². The topological polar surface area (TPSA) is 75.3 Å². The summed E-state index contributed by atoms with van der Waals surface area (Å²) < 4.78 is 5.08. The molecule has 1 aliphatic heterocycles. The summed E-state index contributed by atoms with van der Waals surface area (Å²) in [6.07, 6.45) is 2.69. The normalized spacial score (nSPS) is 16.7. The minimum atomic E-state index is -0.673. The van der Waals surface area contributed by atoms with Crippen molar-refractivity contribution in [2.45, 2.75) is 18.3 Å². The zero-order chi connectivity index (χ0) is 17.2. The molecule has 1 aromatic carbocycles. The van der Waals surface area contributed by atoms with Crippen molar-refractivity contribution in [3.05, 3.63) is 57.5 Å². The number of methoxy groups -OCH3 is 1. The Kier molecular flexibility index (Phi) is 4.57. The molecule has 0 aliphatic carbocycles. The number of nitrogens with zero attached hydrogens (tertiary/aromatic N) is 2. The van der Waals surface area contributed by atoms with E-state index >= 15 is 0 Å². The first kappa shape index (κ1) is 16.5. The van der Waals surface area contributed by atoms with Gasteiger partial charge in [0, 0.05) is 13.1 Å². The molecular weight excluding hydrogens is 330 g/mol. The third kappa shape index (κ3) is 2.78. The molecule has 7 heteroatoms. The van der Waals surface area contributed by atoms with Gasteiger partial charge in [0.2, 0.25) is 0 Å². The zero-order valence-corrected chi connectivity index (χ0v) is 14.0. The van der Waals surface area contributed by atoms with E-state index < -0.39 is 11.0 Å². The fraction of sp³-hybridized carbons (Fsp3) is 0.353. The monoisotopic (exact) mass is 347 g/mol. The lowest BCUT2D eigenvalue weighted by Gasteiger charge is -2.41. The molecule has 1 aromatic heterocycles. The number of carbonyl (C=O) groups excluding carboxylic acids is 1. The minimum absolute atomic E-state index is 0.121. The van der Waals surface area contributed by atoms with Crippen molar-refractivity contribution < 1.29 is 9.53 Å². The molecule has 3 rings (SSSR count). The van der Waals surface area contributed by atoms with Gasteiger partial charge in [0.15, 0.2) is 0 Å². The molecule has 1 fully saturated rings. The van der Waals surface area contributed by atoms with Crippen molar-refractivity contribution in [3.8, 4) is 0 Å². The Labute approximate surface area is 144 Å². The highest BCUT2D eigenvalue weighted by Crippen LogP contribution is 2.38. The van der Waals surface area contributed by atoms with E-state index in [1.807, 2.05) is 35.2 Å². The largest absolute Gasteiger partial charge is 0.468 e. The second kappa shape index (κ2) is 6.65. The maximum Gasteiger partial charge on any atom is 0.316 e. The van der Waals surface area contributed by atoms with Gasteiger partial charge < -0.3 is 9.64 Å². The number of hydrogen-bond donors (Lipinski definition) is 1. The highest BCUT2D eigenvalue weighted by molar-refractivity contribution is 6.33. The summed E-state index contributed by atoms with van der Waals surface area (Å²) >= 11 is 6.09. The summed E-state index contributed by atoms with van der Waals surface area (Å²) in [5.74, 6) is -0.233. The summed E-state index contributed by atoms with van der Waals surface area (Å²) in [7, 11) is 1.41. The number of nitrogens with one attached hydrogen (secondary N) is 1. The van der Waals surface area contributed by atoms with Crippen LogP contribution in [0.25, 0.3) is 0 Å². The Morgan fingerprint density at radius 1 is 1.29 bits per heavy atom. The second-order valence-electron chi connectivity index (χ2n) is 5.83. The van der Waals surface area contributed by atoms with Crippen LogP contribution in [0.15, 0.2) is 41.3 Å². The van der Waals surface area contributed by atoms with Gasteiger partial charge in [-0.1, -0.05) is 41.9 Å². The molecule has 1 saturated heterocycles. The van der Waals surface area contributed by atoms with Crippen LogP contribution in [-0.4, -0.2) is 36.4 Å². The molecule has 2 heterocycles. The van der Waals surface area contributed by atoms with E-state index in [2.05, 4.69) is 10.2 Å². The fourth-order valence-electron chi connectivity index (χ4n) is 3.29. The summed E-state index contributed by atoms with van der Waals surface area (Å²) in [5.41, 5.74) is 0.453. The van der Waals surface area contributed by atoms with Gasteiger partial charge >= 0.3 is 5.97 Å². The number of rotatable bonds is 3. The third-order valence-corrected chi connectivity index (χ3v) is 5.00. The third-order valence-electron chi connectivity index (χ3n) is 4.64. The Balaban J connectivity index is 1.89. The van der Waals surface area contributed by atoms with Crippen LogP contribution < -0.4 is 10.5 Å². The average Bonchev–Trinajstić information content (AvgIpc) is 2.64. The molecular formula is C17H18ClN3O3. The van der Waals surface area contributed by atoms with Gasteiger partial charge in [-0.3, -0.25) is 9.59 Å². The van der Waals surface area contributed by atoms with Crippen LogP contribution in [0.2, 0.25) is 5.02 Å². The maximum absolute atomic E-state index is 12.5. The molecule has 0 spiro atoms. The molecule has 1 aliphatic rings. The molecule has 0 amide bonds. The van der Waals surface area contributed by atoms with Gasteiger partial charge in [-0.15, -0.1) is 0 Å². The Bertz CT molecular complexity index is 783. The molecule has 1 N–H and O–H groups in total. The first-order valence-electron chi connectivity index (χ1n) is 7.70. The first-order chi connectivity index (χ1) is 11.6. The number of aromatic nitrogens is 2. The van der Waals surface area contributed by atoms with Crippen molar-refractivity contribution in [1.82, 2.24) is 10.2 Å². The van der Waals surface area contributed by atoms with Crippen LogP contribution in [0, 0.1) is 0 Å². The number of halogens is 1. The van der Waals surface area contributed by atoms with Gasteiger partial charge in [0.05, 0.1) is 24.4 Å². The zero-order valence-electron chi connectivity index (χ0n) is 13.3. The van der Waals surface area contributed by atoms with Crippen LogP contribution in [0.5, 0.6) is 0 Å². The summed E-state index contributed by atoms with van der Waals surface area (Å²) in [4.78, 5) is 26.1. The highest BCUT2D eigenvalue weighted by atomic mass is 35.5. The molecule has 24 heavy (non-hydrogen) atoms. The molecule has 0 radical (unpaired) electrons. The number of aromatic amines is 1. The van der Waals surface area contributed by atoms with E-state index in [0.29, 0.717) is 31.6 Å². The second-order valence-corrected chi connectivity index (χ2v) is 6.20. The number of hydrogen-bond acceptors (Lipinski definition) is 5. The lowest BCUT2D eigenvalue weighted by atomic mass is 9.72. The first-order valence-corrected chi connectivity index (χ1v) is 8.08. The predicted molar refractivity (Wildman–Crippen MR) is 91.5 cm³/mol. The number of piperidine rings is 1. The van der Waals surface area contributed by atoms with E-state index in [1.54, 1.807) is 0 Å². The number of anilines is 1. The van der Waals surface area contributed by atoms with Gasteiger partial charge in [0.1, 0.15) is 5.02 Å². The van der Waals surface area contributed by atoms with E-state index in [1.165, 1.54) is 13.3 Å². The smallest absolute Gasteiger partial charge is 0.316 e. The van der Waals surface area contributed by atoms with E-state index in [-0.39, 0.29) is 11.0 Å². The predicted octanol–water partition coefficient (Wildman–Crippen LogP) is 2.13. The molecule has 0 bridgehead atoms. The van der Waals surface area contributed by atoms with Crippen LogP contribution in [0.1, 0.15) is 18.4 Å². The standard InChI is InChI=1S/C17H18ClN3O3/c1-24-16(23)17(12-5-3-2-4-6-12)7-9-21(10-8-17)13-11-19-20-15(22)14(13)18/h2-6,11H,7-10H2,1H3,(H,20,22). The fourth-order valence-corrected chi connectivity index (χ4v) is 3.50. The van der Waals surface area contributed by atoms with Crippen LogP contribution in [0.3, 0.4) is 0 Å². The van der Waals surface area contributed by atoms with Crippen LogP contribution in [-0.2, 0) is 14.9 Å². The van der Waals surface area contributed by atoms with Gasteiger partial charge in [-0.05, 0) is 18.4 Å². The van der Waals surface area contributed by atoms with E-state index in [9.17, 15) is 9.59 Å². The molecule has 126 valence electrons. The number of carbonyl (C=O) groups is 1. The summed E-state index contributed by atoms with van der Waals surface area (Å²) in [6, 6.07) is 9.67. The quantitative estimate of drug-likeness (QED) is 0.861. The summed E-state index contributed by atoms with van der Waals surface area (Å²) in [5, 5.41) is 6.24. The molecule has 6 nitrogen and oxygen atoms in total. The number of benzene rings is 1. The lowest BCUT2D eigenvalue weighted by Crippen LogP contribution is -2.48. The Morgan fingerprint density at radius 2 is 1.96 bits per heavy atom. The van der Waals surface area contributed by atoms with Crippen molar-refractivity contribution in [2.75, 3.05) is 25.1 Å². The van der Waals surface area contributed by atoms with Crippen molar-refractivity contribution in [2.24, 2.45) is 0 Å². The number of H-pyrrole nitrogens is 1. The average molecular weight is 348 g/mol. The Morgan fingerprint density at radius 3 is 2.58 bits per heavy atom. The van der Waals surface area contributed by atoms with Crippen LogP contribution >= 0.6 is 11.6 Å². The number of ether oxygens (including phenoxy) is 1. The Hall–Kier alpha value is -2.34. The SMILES string of the molecule is COC(=O)C1(c2ccccc2)CCN(c2cn[nH]c(=O)c2Cl)CC1. The van der Waals surface area contributed by atoms with Gasteiger partial charge in [-0.2, -0.15) is 5.10 Å². The number of esters is 1. The van der Waals surface area contributed by atoms with Crippen molar-refractivity contribution in [3.63, 3.8) is 0 Å². The highest BCUT2D eigenvalue weighted by Gasteiger charge is 2.44. The molecule has 0 saturated carbocycles. The minimum Gasteiger partial charge on any atom is -0.468 e. The van der Waals surface area contributed by atoms with Gasteiger partial charge in [0.25, 0.3) is 5.56 Å². The molecule has 2 aromatic rings. The van der Waals surface area contributed by atoms with Crippen molar-refractivity contribution >= 4 is 23.3 Å². The molecule has 0 atom stereocenters. The molecule has 0 unspecified atom stereocenters. The lowest BCUT2D eigenvalue weighted by molar-refractivity contribution is -0.148.